The van der Waals surface area contributed by atoms with Crippen LogP contribution in [0.1, 0.15) is 23.8 Å². The van der Waals surface area contributed by atoms with E-state index < -0.39 is 0 Å². The van der Waals surface area contributed by atoms with E-state index in [0.29, 0.717) is 12.0 Å². The summed E-state index contributed by atoms with van der Waals surface area (Å²) in [4.78, 5) is 15.1. The second-order valence-corrected chi connectivity index (χ2v) is 5.77. The van der Waals surface area contributed by atoms with Crippen molar-refractivity contribution in [3.63, 3.8) is 0 Å². The first-order valence-corrected chi connectivity index (χ1v) is 7.24. The van der Waals surface area contributed by atoms with Crippen molar-refractivity contribution in [3.05, 3.63) is 35.0 Å². The normalized spacial score (nSPS) is 24.7. The van der Waals surface area contributed by atoms with Gasteiger partial charge in [0.25, 0.3) is 0 Å². The van der Waals surface area contributed by atoms with E-state index in [4.69, 9.17) is 0 Å². The largest absolute Gasteiger partial charge is 0.352 e. The fourth-order valence-corrected chi connectivity index (χ4v) is 3.67. The molecule has 2 atom stereocenters. The van der Waals surface area contributed by atoms with Crippen molar-refractivity contribution in [2.75, 3.05) is 20.1 Å². The van der Waals surface area contributed by atoms with E-state index in [0.717, 1.165) is 13.1 Å². The quantitative estimate of drug-likeness (QED) is 0.847. The number of amides is 1. The molecular formula is C14H20N2OS. The van der Waals surface area contributed by atoms with Crippen molar-refractivity contribution >= 4 is 17.2 Å². The molecule has 0 bridgehead atoms. The van der Waals surface area contributed by atoms with Crippen LogP contribution in [0.25, 0.3) is 0 Å². The molecule has 98 valence electrons. The minimum absolute atomic E-state index is 0.0758. The first kappa shape index (κ1) is 13.3. The van der Waals surface area contributed by atoms with Crippen LogP contribution >= 0.6 is 11.3 Å². The highest BCUT2D eigenvalue weighted by Crippen LogP contribution is 2.36. The minimum Gasteiger partial charge on any atom is -0.352 e. The van der Waals surface area contributed by atoms with Gasteiger partial charge in [-0.2, -0.15) is 0 Å². The number of hydrogen-bond acceptors (Lipinski definition) is 3. The van der Waals surface area contributed by atoms with Gasteiger partial charge in [0.2, 0.25) is 5.91 Å². The Morgan fingerprint density at radius 1 is 1.72 bits per heavy atom. The van der Waals surface area contributed by atoms with E-state index in [-0.39, 0.29) is 5.91 Å². The van der Waals surface area contributed by atoms with Crippen LogP contribution in [0.4, 0.5) is 0 Å². The summed E-state index contributed by atoms with van der Waals surface area (Å²) in [6, 6.07) is 4.73. The Bertz CT molecular complexity index is 402. The zero-order valence-electron chi connectivity index (χ0n) is 10.8. The molecule has 3 nitrogen and oxygen atoms in total. The second kappa shape index (κ2) is 6.16. The molecule has 2 rings (SSSR count). The van der Waals surface area contributed by atoms with Crippen molar-refractivity contribution in [2.24, 2.45) is 5.92 Å². The molecule has 1 saturated heterocycles. The van der Waals surface area contributed by atoms with Crippen molar-refractivity contribution in [1.29, 1.82) is 0 Å². The van der Waals surface area contributed by atoms with Crippen molar-refractivity contribution in [1.82, 2.24) is 10.2 Å². The zero-order chi connectivity index (χ0) is 13.0. The molecule has 0 radical (unpaired) electrons. The fraction of sp³-hybridized carbons (Fsp3) is 0.500. The third kappa shape index (κ3) is 3.00. The maximum atomic E-state index is 11.3. The van der Waals surface area contributed by atoms with Crippen LogP contribution in [0.5, 0.6) is 0 Å². The van der Waals surface area contributed by atoms with Crippen LogP contribution < -0.4 is 5.32 Å². The number of nitrogens with zero attached hydrogens (tertiary/aromatic N) is 1. The van der Waals surface area contributed by atoms with E-state index in [1.54, 1.807) is 11.3 Å². The smallest absolute Gasteiger partial charge is 0.243 e. The molecule has 0 aromatic carbocycles. The molecule has 0 unspecified atom stereocenters. The lowest BCUT2D eigenvalue weighted by Crippen LogP contribution is -2.41. The van der Waals surface area contributed by atoms with Crippen molar-refractivity contribution in [2.45, 2.75) is 18.9 Å². The third-order valence-electron chi connectivity index (χ3n) is 3.57. The molecule has 1 amide bonds. The van der Waals surface area contributed by atoms with Crippen LogP contribution in [0.2, 0.25) is 0 Å². The van der Waals surface area contributed by atoms with Gasteiger partial charge in [0.1, 0.15) is 0 Å². The Balaban J connectivity index is 2.06. The Kier molecular flexibility index (Phi) is 4.55. The topological polar surface area (TPSA) is 32.3 Å². The maximum absolute atomic E-state index is 11.3. The Morgan fingerprint density at radius 2 is 2.56 bits per heavy atom. The highest BCUT2D eigenvalue weighted by molar-refractivity contribution is 7.10. The number of carbonyl (C=O) groups excluding carboxylic acids is 1. The lowest BCUT2D eigenvalue weighted by molar-refractivity contribution is -0.116. The molecule has 1 aliphatic heterocycles. The van der Waals surface area contributed by atoms with Gasteiger partial charge in [-0.05, 0) is 49.9 Å². The number of hydrogen-bond donors (Lipinski definition) is 1. The number of piperidine rings is 1. The predicted octanol–water partition coefficient (Wildman–Crippen LogP) is 2.43. The summed E-state index contributed by atoms with van der Waals surface area (Å²) in [6.07, 6.45) is 3.71. The molecule has 18 heavy (non-hydrogen) atoms. The molecule has 1 aliphatic rings. The second-order valence-electron chi connectivity index (χ2n) is 4.79. The van der Waals surface area contributed by atoms with Gasteiger partial charge >= 0.3 is 0 Å². The van der Waals surface area contributed by atoms with Crippen molar-refractivity contribution < 1.29 is 4.79 Å². The standard InChI is InChI=1S/C14H20N2OS/c1-3-13(17)15-10-11-6-4-8-16(2)14(11)12-7-5-9-18-12/h3,5,7,9,11,14H,1,4,6,8,10H2,2H3,(H,15,17)/t11-,14-/m1/s1. The summed E-state index contributed by atoms with van der Waals surface area (Å²) in [5, 5.41) is 5.06. The van der Waals surface area contributed by atoms with Gasteiger partial charge in [-0.1, -0.05) is 12.6 Å². The van der Waals surface area contributed by atoms with Gasteiger partial charge in [0, 0.05) is 17.5 Å². The van der Waals surface area contributed by atoms with Gasteiger partial charge in [-0.15, -0.1) is 11.3 Å². The summed E-state index contributed by atoms with van der Waals surface area (Å²) in [5.41, 5.74) is 0. The molecule has 0 aliphatic carbocycles. The van der Waals surface area contributed by atoms with E-state index in [2.05, 4.69) is 41.4 Å². The molecule has 1 aromatic heterocycles. The molecule has 1 aromatic rings. The van der Waals surface area contributed by atoms with E-state index in [1.165, 1.54) is 23.8 Å². The zero-order valence-corrected chi connectivity index (χ0v) is 11.6. The SMILES string of the molecule is C=CC(=O)NC[C@H]1CCCN(C)[C@H]1c1cccs1. The molecule has 1 N–H and O–H groups in total. The number of likely N-dealkylation sites (tertiary alicyclic amines) is 1. The van der Waals surface area contributed by atoms with Gasteiger partial charge < -0.3 is 5.32 Å². The van der Waals surface area contributed by atoms with Gasteiger partial charge in [-0.3, -0.25) is 9.69 Å². The lowest BCUT2D eigenvalue weighted by atomic mass is 9.88. The first-order chi connectivity index (χ1) is 8.72. The summed E-state index contributed by atoms with van der Waals surface area (Å²) in [5.74, 6) is 0.416. The van der Waals surface area contributed by atoms with Crippen LogP contribution in [-0.4, -0.2) is 30.9 Å². The third-order valence-corrected chi connectivity index (χ3v) is 4.51. The molecule has 0 saturated carbocycles. The summed E-state index contributed by atoms with van der Waals surface area (Å²) in [7, 11) is 2.17. The highest BCUT2D eigenvalue weighted by atomic mass is 32.1. The summed E-state index contributed by atoms with van der Waals surface area (Å²) in [6.45, 7) is 5.36. The minimum atomic E-state index is -0.0758. The monoisotopic (exact) mass is 264 g/mol. The summed E-state index contributed by atoms with van der Waals surface area (Å²) < 4.78 is 0. The molecule has 2 heterocycles. The van der Waals surface area contributed by atoms with E-state index in [1.807, 2.05) is 0 Å². The first-order valence-electron chi connectivity index (χ1n) is 6.36. The Labute approximate surface area is 112 Å². The summed E-state index contributed by atoms with van der Waals surface area (Å²) >= 11 is 1.80. The van der Waals surface area contributed by atoms with Crippen LogP contribution in [0.15, 0.2) is 30.2 Å². The predicted molar refractivity (Wildman–Crippen MR) is 75.6 cm³/mol. The van der Waals surface area contributed by atoms with Crippen LogP contribution in [-0.2, 0) is 4.79 Å². The highest BCUT2D eigenvalue weighted by Gasteiger charge is 2.31. The van der Waals surface area contributed by atoms with Gasteiger partial charge in [0.05, 0.1) is 0 Å². The van der Waals surface area contributed by atoms with E-state index >= 15 is 0 Å². The maximum Gasteiger partial charge on any atom is 0.243 e. The Morgan fingerprint density at radius 3 is 3.22 bits per heavy atom. The fourth-order valence-electron chi connectivity index (χ4n) is 2.69. The average molecular weight is 264 g/mol. The van der Waals surface area contributed by atoms with Crippen molar-refractivity contribution in [3.8, 4) is 0 Å². The number of thiophene rings is 1. The average Bonchev–Trinajstić information content (AvgIpc) is 2.89. The van der Waals surface area contributed by atoms with Gasteiger partial charge in [0.15, 0.2) is 0 Å². The number of rotatable bonds is 4. The molecule has 0 spiro atoms. The van der Waals surface area contributed by atoms with E-state index in [9.17, 15) is 4.79 Å². The molecular weight excluding hydrogens is 244 g/mol. The Hall–Kier alpha value is -1.13. The lowest BCUT2D eigenvalue weighted by Gasteiger charge is -2.38. The van der Waals surface area contributed by atoms with Crippen LogP contribution in [0.3, 0.4) is 0 Å². The molecule has 4 heteroatoms. The number of nitrogens with one attached hydrogen (secondary N) is 1. The van der Waals surface area contributed by atoms with Crippen LogP contribution in [0, 0.1) is 5.92 Å². The van der Waals surface area contributed by atoms with Gasteiger partial charge in [-0.25, -0.2) is 0 Å². The number of carbonyl (C=O) groups is 1. The molecule has 1 fully saturated rings.